The molecule has 0 bridgehead atoms. The summed E-state index contributed by atoms with van der Waals surface area (Å²) in [6.07, 6.45) is 0. The van der Waals surface area contributed by atoms with E-state index in [1.54, 1.807) is 0 Å². The summed E-state index contributed by atoms with van der Waals surface area (Å²) in [6.45, 7) is 0.974. The van der Waals surface area contributed by atoms with Gasteiger partial charge in [-0.25, -0.2) is 0 Å². The molecule has 0 spiro atoms. The highest BCUT2D eigenvalue weighted by atomic mass is 35.5. The lowest BCUT2D eigenvalue weighted by Crippen LogP contribution is -2.11. The van der Waals surface area contributed by atoms with Crippen LogP contribution in [-0.2, 0) is 6.54 Å². The van der Waals surface area contributed by atoms with Gasteiger partial charge in [0.1, 0.15) is 0 Å². The molecule has 0 saturated carbocycles. The van der Waals surface area contributed by atoms with Crippen LogP contribution in [-0.4, -0.2) is 19.0 Å². The van der Waals surface area contributed by atoms with Gasteiger partial charge in [-0.2, -0.15) is 0 Å². The average Bonchev–Trinajstić information content (AvgIpc) is 2.38. The van der Waals surface area contributed by atoms with Gasteiger partial charge in [0, 0.05) is 6.54 Å². The Hall–Kier alpha value is -1.57. The third-order valence-corrected chi connectivity index (χ3v) is 3.36. The maximum absolute atomic E-state index is 2.28. The normalized spacial score (nSPS) is 10.9. The van der Waals surface area contributed by atoms with Crippen LogP contribution in [0.2, 0.25) is 0 Å². The number of nitrogens with zero attached hydrogens (tertiary/aromatic N) is 1. The van der Waals surface area contributed by atoms with Crippen molar-refractivity contribution in [3.63, 3.8) is 0 Å². The highest BCUT2D eigenvalue weighted by Gasteiger charge is 2.07. The Morgan fingerprint density at radius 1 is 0.789 bits per heavy atom. The van der Waals surface area contributed by atoms with Gasteiger partial charge in [0.05, 0.1) is 0 Å². The number of halogens is 1. The zero-order valence-corrected chi connectivity index (χ0v) is 12.1. The maximum atomic E-state index is 2.28. The first-order valence-electron chi connectivity index (χ1n) is 6.30. The molecule has 0 N–H and O–H groups in total. The smallest absolute Gasteiger partial charge is 0.0239 e. The molecule has 0 aromatic heterocycles. The van der Waals surface area contributed by atoms with E-state index in [0.29, 0.717) is 0 Å². The third-order valence-electron chi connectivity index (χ3n) is 3.36. The van der Waals surface area contributed by atoms with Gasteiger partial charge in [-0.15, -0.1) is 12.4 Å². The summed E-state index contributed by atoms with van der Waals surface area (Å²) in [7, 11) is 4.24. The minimum Gasteiger partial charge on any atom is -0.305 e. The predicted octanol–water partition coefficient (Wildman–Crippen LogP) is 4.48. The molecule has 0 atom stereocenters. The van der Waals surface area contributed by atoms with E-state index in [-0.39, 0.29) is 12.4 Å². The maximum Gasteiger partial charge on any atom is 0.0239 e. The van der Waals surface area contributed by atoms with Crippen molar-refractivity contribution in [1.29, 1.82) is 0 Å². The monoisotopic (exact) mass is 271 g/mol. The van der Waals surface area contributed by atoms with E-state index in [1.807, 2.05) is 0 Å². The SMILES string of the molecule is CN(C)Cc1c2ccccc2cc2ccccc12.Cl. The van der Waals surface area contributed by atoms with Gasteiger partial charge < -0.3 is 4.90 Å². The number of hydrogen-bond acceptors (Lipinski definition) is 1. The Bertz CT molecular complexity index is 650. The molecular weight excluding hydrogens is 254 g/mol. The lowest BCUT2D eigenvalue weighted by atomic mass is 9.96. The zero-order valence-electron chi connectivity index (χ0n) is 11.3. The number of fused-ring (bicyclic) bond motifs is 2. The summed E-state index contributed by atoms with van der Waals surface area (Å²) in [4.78, 5) is 2.23. The van der Waals surface area contributed by atoms with Crippen LogP contribution < -0.4 is 0 Å². The van der Waals surface area contributed by atoms with Gasteiger partial charge in [-0.1, -0.05) is 48.5 Å². The summed E-state index contributed by atoms with van der Waals surface area (Å²) >= 11 is 0. The summed E-state index contributed by atoms with van der Waals surface area (Å²) < 4.78 is 0. The summed E-state index contributed by atoms with van der Waals surface area (Å²) in [5.74, 6) is 0. The fourth-order valence-electron chi connectivity index (χ4n) is 2.59. The average molecular weight is 272 g/mol. The summed E-state index contributed by atoms with van der Waals surface area (Å²) in [5, 5.41) is 5.39. The molecule has 3 rings (SSSR count). The lowest BCUT2D eigenvalue weighted by molar-refractivity contribution is 0.405. The summed E-state index contributed by atoms with van der Waals surface area (Å²) in [6, 6.07) is 19.6. The fraction of sp³-hybridized carbons (Fsp3) is 0.176. The zero-order chi connectivity index (χ0) is 12.5. The molecule has 19 heavy (non-hydrogen) atoms. The molecule has 0 unspecified atom stereocenters. The second-order valence-corrected chi connectivity index (χ2v) is 5.04. The van der Waals surface area contributed by atoms with Crippen molar-refractivity contribution in [3.05, 3.63) is 60.2 Å². The Kier molecular flexibility index (Phi) is 4.08. The second kappa shape index (κ2) is 5.60. The van der Waals surface area contributed by atoms with Crippen molar-refractivity contribution in [2.75, 3.05) is 14.1 Å². The van der Waals surface area contributed by atoms with Crippen molar-refractivity contribution in [3.8, 4) is 0 Å². The van der Waals surface area contributed by atoms with E-state index in [2.05, 4.69) is 73.6 Å². The first-order chi connectivity index (χ1) is 8.75. The van der Waals surface area contributed by atoms with E-state index in [9.17, 15) is 0 Å². The third kappa shape index (κ3) is 2.58. The van der Waals surface area contributed by atoms with E-state index in [1.165, 1.54) is 27.1 Å². The summed E-state index contributed by atoms with van der Waals surface area (Å²) in [5.41, 5.74) is 1.42. The van der Waals surface area contributed by atoms with Crippen LogP contribution in [0, 0.1) is 0 Å². The molecular formula is C17H18ClN. The topological polar surface area (TPSA) is 3.24 Å². The molecule has 0 amide bonds. The molecule has 0 fully saturated rings. The standard InChI is InChI=1S/C17H17N.ClH/c1-18(2)12-17-15-9-5-3-7-13(15)11-14-8-4-6-10-16(14)17;/h3-11H,12H2,1-2H3;1H. The molecule has 98 valence electrons. The minimum atomic E-state index is 0. The largest absolute Gasteiger partial charge is 0.305 e. The molecule has 0 heterocycles. The Balaban J connectivity index is 0.00000133. The van der Waals surface area contributed by atoms with Crippen LogP contribution in [0.3, 0.4) is 0 Å². The van der Waals surface area contributed by atoms with Crippen LogP contribution in [0.25, 0.3) is 21.5 Å². The molecule has 3 aromatic rings. The molecule has 0 aliphatic rings. The van der Waals surface area contributed by atoms with Crippen LogP contribution in [0.15, 0.2) is 54.6 Å². The Morgan fingerprint density at radius 2 is 1.26 bits per heavy atom. The molecule has 0 aliphatic carbocycles. The van der Waals surface area contributed by atoms with Crippen molar-refractivity contribution >= 4 is 34.0 Å². The second-order valence-electron chi connectivity index (χ2n) is 5.04. The highest BCUT2D eigenvalue weighted by Crippen LogP contribution is 2.28. The molecule has 3 aromatic carbocycles. The fourth-order valence-corrected chi connectivity index (χ4v) is 2.59. The van der Waals surface area contributed by atoms with Gasteiger partial charge in [0.2, 0.25) is 0 Å². The van der Waals surface area contributed by atoms with Crippen LogP contribution >= 0.6 is 12.4 Å². The predicted molar refractivity (Wildman–Crippen MR) is 86.1 cm³/mol. The highest BCUT2D eigenvalue weighted by molar-refractivity contribution is 6.02. The number of hydrogen-bond donors (Lipinski definition) is 0. The molecule has 0 saturated heterocycles. The van der Waals surface area contributed by atoms with E-state index in [0.717, 1.165) is 6.54 Å². The molecule has 2 heteroatoms. The van der Waals surface area contributed by atoms with E-state index < -0.39 is 0 Å². The van der Waals surface area contributed by atoms with E-state index >= 15 is 0 Å². The van der Waals surface area contributed by atoms with Gasteiger partial charge in [0.25, 0.3) is 0 Å². The quantitative estimate of drug-likeness (QED) is 0.622. The van der Waals surface area contributed by atoms with Crippen LogP contribution in [0.1, 0.15) is 5.56 Å². The molecule has 0 aliphatic heterocycles. The lowest BCUT2D eigenvalue weighted by Gasteiger charge is -2.15. The van der Waals surface area contributed by atoms with Crippen molar-refractivity contribution in [2.45, 2.75) is 6.54 Å². The van der Waals surface area contributed by atoms with Crippen molar-refractivity contribution in [1.82, 2.24) is 4.90 Å². The van der Waals surface area contributed by atoms with Gasteiger partial charge >= 0.3 is 0 Å². The van der Waals surface area contributed by atoms with Crippen molar-refractivity contribution in [2.24, 2.45) is 0 Å². The van der Waals surface area contributed by atoms with Gasteiger partial charge in [-0.3, -0.25) is 0 Å². The molecule has 1 nitrogen and oxygen atoms in total. The first kappa shape index (κ1) is 13.9. The van der Waals surface area contributed by atoms with Crippen molar-refractivity contribution < 1.29 is 0 Å². The Labute approximate surface area is 120 Å². The van der Waals surface area contributed by atoms with Crippen LogP contribution in [0.5, 0.6) is 0 Å². The van der Waals surface area contributed by atoms with Gasteiger partial charge in [0.15, 0.2) is 0 Å². The minimum absolute atomic E-state index is 0. The van der Waals surface area contributed by atoms with Gasteiger partial charge in [-0.05, 0) is 47.3 Å². The first-order valence-corrected chi connectivity index (χ1v) is 6.30. The Morgan fingerprint density at radius 3 is 1.74 bits per heavy atom. The number of rotatable bonds is 2. The molecule has 0 radical (unpaired) electrons. The van der Waals surface area contributed by atoms with E-state index in [4.69, 9.17) is 0 Å². The van der Waals surface area contributed by atoms with Crippen LogP contribution in [0.4, 0.5) is 0 Å². The number of benzene rings is 3.